The molecule has 4 aromatic rings. The van der Waals surface area contributed by atoms with Crippen molar-refractivity contribution in [2.75, 3.05) is 0 Å². The fourth-order valence-electron chi connectivity index (χ4n) is 2.64. The van der Waals surface area contributed by atoms with Crippen LogP contribution in [0.25, 0.3) is 17.3 Å². The Bertz CT molecular complexity index is 1050. The fraction of sp³-hybridized carbons (Fsp3) is 0.0500. The predicted molar refractivity (Wildman–Crippen MR) is 99.8 cm³/mol. The van der Waals surface area contributed by atoms with Gasteiger partial charge in [0, 0.05) is 11.4 Å². The zero-order chi connectivity index (χ0) is 17.8. The Morgan fingerprint density at radius 1 is 0.962 bits per heavy atom. The van der Waals surface area contributed by atoms with Crippen molar-refractivity contribution in [1.82, 2.24) is 14.8 Å². The van der Waals surface area contributed by atoms with Crippen LogP contribution in [0.15, 0.2) is 82.6 Å². The zero-order valence-electron chi connectivity index (χ0n) is 13.7. The van der Waals surface area contributed by atoms with Gasteiger partial charge in [-0.05, 0) is 35.9 Å². The molecule has 0 aliphatic carbocycles. The minimum absolute atomic E-state index is 0.632. The summed E-state index contributed by atoms with van der Waals surface area (Å²) < 4.78 is 7.49. The highest BCUT2D eigenvalue weighted by Crippen LogP contribution is 2.30. The van der Waals surface area contributed by atoms with E-state index in [1.807, 2.05) is 71.3 Å². The Morgan fingerprint density at radius 2 is 1.77 bits per heavy atom. The van der Waals surface area contributed by atoms with Gasteiger partial charge in [-0.15, -0.1) is 10.2 Å². The maximum absolute atomic E-state index is 9.27. The summed E-state index contributed by atoms with van der Waals surface area (Å²) in [6.45, 7) is 0. The van der Waals surface area contributed by atoms with Gasteiger partial charge in [-0.2, -0.15) is 5.26 Å². The van der Waals surface area contributed by atoms with Crippen LogP contribution in [0.1, 0.15) is 11.1 Å². The summed E-state index contributed by atoms with van der Waals surface area (Å²) >= 11 is 1.54. The standard InChI is InChI=1S/C20H14N4OS/c21-13-15-7-4-5-8-16(15)14-26-20-23-22-19(18-11-6-12-25-18)24(20)17-9-2-1-3-10-17/h1-12H,14H2. The van der Waals surface area contributed by atoms with E-state index < -0.39 is 0 Å². The number of aromatic nitrogens is 3. The number of hydrogen-bond acceptors (Lipinski definition) is 5. The van der Waals surface area contributed by atoms with Gasteiger partial charge in [0.2, 0.25) is 5.82 Å². The molecule has 2 aromatic heterocycles. The molecule has 2 aromatic carbocycles. The van der Waals surface area contributed by atoms with Gasteiger partial charge in [0.15, 0.2) is 10.9 Å². The Labute approximate surface area is 154 Å². The molecule has 0 radical (unpaired) electrons. The summed E-state index contributed by atoms with van der Waals surface area (Å²) in [5, 5.41) is 18.7. The van der Waals surface area contributed by atoms with Crippen molar-refractivity contribution in [3.8, 4) is 23.3 Å². The SMILES string of the molecule is N#Cc1ccccc1CSc1nnc(-c2ccco2)n1-c1ccccc1. The molecule has 2 heterocycles. The first-order valence-electron chi connectivity index (χ1n) is 8.02. The lowest BCUT2D eigenvalue weighted by molar-refractivity contribution is 0.575. The van der Waals surface area contributed by atoms with E-state index >= 15 is 0 Å². The van der Waals surface area contributed by atoms with Crippen molar-refractivity contribution in [3.05, 3.63) is 84.1 Å². The third-order valence-electron chi connectivity index (χ3n) is 3.88. The molecule has 5 nitrogen and oxygen atoms in total. The number of furan rings is 1. The summed E-state index contributed by atoms with van der Waals surface area (Å²) in [5.74, 6) is 1.94. The van der Waals surface area contributed by atoms with Crippen LogP contribution in [0, 0.1) is 11.3 Å². The lowest BCUT2D eigenvalue weighted by atomic mass is 10.1. The Kier molecular flexibility index (Phi) is 4.54. The quantitative estimate of drug-likeness (QED) is 0.484. The van der Waals surface area contributed by atoms with E-state index in [1.54, 1.807) is 6.26 Å². The second-order valence-corrected chi connectivity index (χ2v) is 6.45. The molecule has 0 aliphatic heterocycles. The highest BCUT2D eigenvalue weighted by atomic mass is 32.2. The van der Waals surface area contributed by atoms with E-state index in [9.17, 15) is 5.26 Å². The van der Waals surface area contributed by atoms with Gasteiger partial charge >= 0.3 is 0 Å². The van der Waals surface area contributed by atoms with Crippen molar-refractivity contribution in [2.24, 2.45) is 0 Å². The van der Waals surface area contributed by atoms with Crippen molar-refractivity contribution in [2.45, 2.75) is 10.9 Å². The van der Waals surface area contributed by atoms with E-state index in [0.717, 1.165) is 16.4 Å². The molecule has 0 aliphatic rings. The van der Waals surface area contributed by atoms with E-state index in [-0.39, 0.29) is 0 Å². The number of nitrogens with zero attached hydrogens (tertiary/aromatic N) is 4. The third-order valence-corrected chi connectivity index (χ3v) is 4.86. The van der Waals surface area contributed by atoms with Crippen LogP contribution in [-0.4, -0.2) is 14.8 Å². The summed E-state index contributed by atoms with van der Waals surface area (Å²) in [7, 11) is 0. The molecule has 0 fully saturated rings. The smallest absolute Gasteiger partial charge is 0.205 e. The average Bonchev–Trinajstić information content (AvgIpc) is 3.36. The molecule has 0 saturated carbocycles. The van der Waals surface area contributed by atoms with Crippen LogP contribution in [0.4, 0.5) is 0 Å². The van der Waals surface area contributed by atoms with Crippen LogP contribution in [0.5, 0.6) is 0 Å². The molecule has 0 atom stereocenters. The third kappa shape index (κ3) is 3.13. The average molecular weight is 358 g/mol. The molecule has 126 valence electrons. The topological polar surface area (TPSA) is 67.6 Å². The summed E-state index contributed by atoms with van der Waals surface area (Å²) in [6, 6.07) is 23.4. The van der Waals surface area contributed by atoms with Crippen molar-refractivity contribution in [3.63, 3.8) is 0 Å². The van der Waals surface area contributed by atoms with Gasteiger partial charge in [-0.1, -0.05) is 48.2 Å². The molecule has 4 rings (SSSR count). The maximum Gasteiger partial charge on any atom is 0.205 e. The van der Waals surface area contributed by atoms with Crippen LogP contribution in [-0.2, 0) is 5.75 Å². The first-order chi connectivity index (χ1) is 12.9. The molecular formula is C20H14N4OS. The fourth-order valence-corrected chi connectivity index (χ4v) is 3.59. The molecule has 0 saturated heterocycles. The van der Waals surface area contributed by atoms with Crippen LogP contribution in [0.2, 0.25) is 0 Å². The van der Waals surface area contributed by atoms with E-state index in [4.69, 9.17) is 4.42 Å². The van der Waals surface area contributed by atoms with Gasteiger partial charge in [-0.3, -0.25) is 4.57 Å². The first-order valence-corrected chi connectivity index (χ1v) is 9.01. The van der Waals surface area contributed by atoms with Gasteiger partial charge in [0.1, 0.15) is 0 Å². The summed E-state index contributed by atoms with van der Waals surface area (Å²) in [5.41, 5.74) is 2.61. The van der Waals surface area contributed by atoms with Crippen molar-refractivity contribution in [1.29, 1.82) is 5.26 Å². The van der Waals surface area contributed by atoms with E-state index in [2.05, 4.69) is 16.3 Å². The number of para-hydroxylation sites is 1. The minimum Gasteiger partial charge on any atom is -0.461 e. The molecular weight excluding hydrogens is 344 g/mol. The molecule has 0 N–H and O–H groups in total. The molecule has 0 unspecified atom stereocenters. The van der Waals surface area contributed by atoms with Crippen molar-refractivity contribution < 1.29 is 4.42 Å². The zero-order valence-corrected chi connectivity index (χ0v) is 14.6. The summed E-state index contributed by atoms with van der Waals surface area (Å²) in [4.78, 5) is 0. The lowest BCUT2D eigenvalue weighted by Crippen LogP contribution is -1.99. The number of hydrogen-bond donors (Lipinski definition) is 0. The molecule has 0 spiro atoms. The van der Waals surface area contributed by atoms with E-state index in [0.29, 0.717) is 22.9 Å². The maximum atomic E-state index is 9.27. The van der Waals surface area contributed by atoms with Gasteiger partial charge in [0.25, 0.3) is 0 Å². The van der Waals surface area contributed by atoms with E-state index in [1.165, 1.54) is 11.8 Å². The Balaban J connectivity index is 1.72. The van der Waals surface area contributed by atoms with Gasteiger partial charge < -0.3 is 4.42 Å². The monoisotopic (exact) mass is 358 g/mol. The molecule has 0 bridgehead atoms. The lowest BCUT2D eigenvalue weighted by Gasteiger charge is -2.09. The number of nitriles is 1. The van der Waals surface area contributed by atoms with Crippen molar-refractivity contribution >= 4 is 11.8 Å². The van der Waals surface area contributed by atoms with Gasteiger partial charge in [0.05, 0.1) is 17.9 Å². The Hall–Kier alpha value is -3.30. The molecule has 6 heteroatoms. The summed E-state index contributed by atoms with van der Waals surface area (Å²) in [6.07, 6.45) is 1.62. The first kappa shape index (κ1) is 16.2. The Morgan fingerprint density at radius 3 is 2.54 bits per heavy atom. The second-order valence-electron chi connectivity index (χ2n) is 5.51. The number of rotatable bonds is 5. The minimum atomic E-state index is 0.632. The molecule has 26 heavy (non-hydrogen) atoms. The van der Waals surface area contributed by atoms with Crippen LogP contribution >= 0.6 is 11.8 Å². The highest BCUT2D eigenvalue weighted by Gasteiger charge is 2.18. The molecule has 0 amide bonds. The normalized spacial score (nSPS) is 10.6. The van der Waals surface area contributed by atoms with Crippen LogP contribution in [0.3, 0.4) is 0 Å². The van der Waals surface area contributed by atoms with Crippen LogP contribution < -0.4 is 0 Å². The number of benzene rings is 2. The second kappa shape index (κ2) is 7.30. The highest BCUT2D eigenvalue weighted by molar-refractivity contribution is 7.98. The number of thioether (sulfide) groups is 1. The largest absolute Gasteiger partial charge is 0.461 e. The van der Waals surface area contributed by atoms with Gasteiger partial charge in [-0.25, -0.2) is 0 Å². The predicted octanol–water partition coefficient (Wildman–Crippen LogP) is 4.69.